The number of carboxylic acids is 1. The van der Waals surface area contributed by atoms with E-state index in [1.54, 1.807) is 0 Å². The number of aromatic carboxylic acids is 1. The van der Waals surface area contributed by atoms with Crippen LogP contribution in [0.15, 0.2) is 22.8 Å². The van der Waals surface area contributed by atoms with Crippen molar-refractivity contribution in [2.45, 2.75) is 0 Å². The van der Waals surface area contributed by atoms with E-state index in [1.165, 1.54) is 18.2 Å². The molecule has 19 heavy (non-hydrogen) atoms. The molecule has 0 spiro atoms. The lowest BCUT2D eigenvalue weighted by Gasteiger charge is -2.06. The van der Waals surface area contributed by atoms with Crippen molar-refractivity contribution in [1.82, 2.24) is 10.3 Å². The summed E-state index contributed by atoms with van der Waals surface area (Å²) >= 11 is 5.85. The lowest BCUT2D eigenvalue weighted by molar-refractivity contribution is 0.0696. The summed E-state index contributed by atoms with van der Waals surface area (Å²) in [6.07, 6.45) is 0. The lowest BCUT2D eigenvalue weighted by atomic mass is 10.2. The fraction of sp³-hybridized carbons (Fsp3) is 0. The zero-order valence-corrected chi connectivity index (χ0v) is 10.0. The van der Waals surface area contributed by atoms with Crippen molar-refractivity contribution in [3.8, 4) is 0 Å². The molecule has 9 heteroatoms. The minimum Gasteiger partial charge on any atom is -0.478 e. The summed E-state index contributed by atoms with van der Waals surface area (Å²) in [5.74, 6) is -2.03. The van der Waals surface area contributed by atoms with Gasteiger partial charge in [0.15, 0.2) is 0 Å². The Kier molecular flexibility index (Phi) is 3.34. The highest BCUT2D eigenvalue weighted by molar-refractivity contribution is 6.34. The molecule has 8 nitrogen and oxygen atoms in total. The minimum absolute atomic E-state index is 0.0223. The quantitative estimate of drug-likeness (QED) is 0.772. The molecule has 0 atom stereocenters. The van der Waals surface area contributed by atoms with Gasteiger partial charge in [0.2, 0.25) is 11.5 Å². The second-order valence-electron chi connectivity index (χ2n) is 3.45. The summed E-state index contributed by atoms with van der Waals surface area (Å²) in [6, 6.07) is 3.88. The summed E-state index contributed by atoms with van der Waals surface area (Å²) in [4.78, 5) is 22.6. The predicted octanol–water partition coefficient (Wildman–Crippen LogP) is 1.26. The van der Waals surface area contributed by atoms with Crippen LogP contribution in [0.1, 0.15) is 20.8 Å². The Morgan fingerprint density at radius 2 is 2.11 bits per heavy atom. The molecule has 0 saturated heterocycles. The van der Waals surface area contributed by atoms with Crippen molar-refractivity contribution in [2.75, 3.05) is 11.1 Å². The highest BCUT2D eigenvalue weighted by Crippen LogP contribution is 2.24. The Bertz CT molecular complexity index is 655. The second-order valence-corrected chi connectivity index (χ2v) is 3.86. The molecule has 1 aromatic carbocycles. The fourth-order valence-corrected chi connectivity index (χ4v) is 1.45. The zero-order valence-electron chi connectivity index (χ0n) is 9.25. The molecule has 1 amide bonds. The first-order valence-corrected chi connectivity index (χ1v) is 5.29. The molecule has 1 heterocycles. The largest absolute Gasteiger partial charge is 0.478 e. The Balaban J connectivity index is 2.28. The molecule has 1 aromatic heterocycles. The Hall–Kier alpha value is -2.61. The zero-order chi connectivity index (χ0) is 14.0. The number of halogens is 1. The van der Waals surface area contributed by atoms with Crippen LogP contribution in [0.3, 0.4) is 0 Å². The lowest BCUT2D eigenvalue weighted by Crippen LogP contribution is -2.15. The Labute approximate surface area is 111 Å². The summed E-state index contributed by atoms with van der Waals surface area (Å²) in [6.45, 7) is 0. The molecule has 0 radical (unpaired) electrons. The van der Waals surface area contributed by atoms with Crippen LogP contribution in [0, 0.1) is 0 Å². The molecule has 0 fully saturated rings. The number of anilines is 2. The van der Waals surface area contributed by atoms with Crippen molar-refractivity contribution in [2.24, 2.45) is 0 Å². The number of nitrogen functional groups attached to an aromatic ring is 1. The van der Waals surface area contributed by atoms with Crippen molar-refractivity contribution in [3.05, 3.63) is 34.5 Å². The first kappa shape index (κ1) is 12.8. The second kappa shape index (κ2) is 4.94. The molecule has 0 aliphatic heterocycles. The molecule has 0 aliphatic carbocycles. The first-order chi connectivity index (χ1) is 8.99. The number of carboxylic acid groups (broad SMARTS) is 1. The molecule has 2 aromatic rings. The molecular weight excluding hydrogens is 276 g/mol. The number of nitrogens with zero attached hydrogens (tertiary/aromatic N) is 2. The molecule has 0 bridgehead atoms. The molecule has 2 rings (SSSR count). The van der Waals surface area contributed by atoms with Gasteiger partial charge in [-0.2, -0.15) is 0 Å². The number of amides is 1. The van der Waals surface area contributed by atoms with Crippen molar-refractivity contribution < 1.29 is 19.3 Å². The predicted molar refractivity (Wildman–Crippen MR) is 65.1 cm³/mol. The van der Waals surface area contributed by atoms with Gasteiger partial charge in [-0.15, -0.1) is 0 Å². The maximum Gasteiger partial charge on any atom is 0.335 e. The van der Waals surface area contributed by atoms with Crippen LogP contribution >= 0.6 is 11.6 Å². The SMILES string of the molecule is Nc1nonc1C(=O)Nc1cc(C(=O)O)ccc1Cl. The van der Waals surface area contributed by atoms with E-state index in [9.17, 15) is 9.59 Å². The van der Waals surface area contributed by atoms with Crippen molar-refractivity contribution in [3.63, 3.8) is 0 Å². The van der Waals surface area contributed by atoms with Gasteiger partial charge < -0.3 is 16.2 Å². The van der Waals surface area contributed by atoms with Crippen LogP contribution in [0.2, 0.25) is 5.02 Å². The number of carbonyl (C=O) groups excluding carboxylic acids is 1. The van der Waals surface area contributed by atoms with Crippen LogP contribution in [0.4, 0.5) is 11.5 Å². The number of rotatable bonds is 3. The van der Waals surface area contributed by atoms with E-state index in [4.69, 9.17) is 22.4 Å². The van der Waals surface area contributed by atoms with Gasteiger partial charge in [-0.05, 0) is 28.5 Å². The monoisotopic (exact) mass is 282 g/mol. The number of hydrogen-bond acceptors (Lipinski definition) is 6. The van der Waals surface area contributed by atoms with Gasteiger partial charge in [-0.1, -0.05) is 11.6 Å². The Morgan fingerprint density at radius 3 is 2.68 bits per heavy atom. The average molecular weight is 283 g/mol. The number of carbonyl (C=O) groups is 2. The number of nitrogens with one attached hydrogen (secondary N) is 1. The molecule has 4 N–H and O–H groups in total. The van der Waals surface area contributed by atoms with Crippen LogP contribution in [-0.4, -0.2) is 27.3 Å². The molecule has 0 aliphatic rings. The maximum atomic E-state index is 11.8. The van der Waals surface area contributed by atoms with Crippen LogP contribution in [0.25, 0.3) is 0 Å². The minimum atomic E-state index is -1.14. The highest BCUT2D eigenvalue weighted by Gasteiger charge is 2.17. The fourth-order valence-electron chi connectivity index (χ4n) is 1.29. The van der Waals surface area contributed by atoms with Crippen LogP contribution < -0.4 is 11.1 Å². The maximum absolute atomic E-state index is 11.8. The number of benzene rings is 1. The summed E-state index contributed by atoms with van der Waals surface area (Å²) < 4.78 is 4.28. The van der Waals surface area contributed by atoms with E-state index < -0.39 is 11.9 Å². The van der Waals surface area contributed by atoms with Gasteiger partial charge in [-0.25, -0.2) is 9.42 Å². The highest BCUT2D eigenvalue weighted by atomic mass is 35.5. The van der Waals surface area contributed by atoms with Crippen molar-refractivity contribution >= 4 is 35.0 Å². The summed E-state index contributed by atoms with van der Waals surface area (Å²) in [7, 11) is 0. The van der Waals surface area contributed by atoms with Gasteiger partial charge in [0, 0.05) is 0 Å². The van der Waals surface area contributed by atoms with E-state index in [2.05, 4.69) is 20.3 Å². The van der Waals surface area contributed by atoms with Gasteiger partial charge in [-0.3, -0.25) is 4.79 Å². The van der Waals surface area contributed by atoms with E-state index in [1.807, 2.05) is 0 Å². The topological polar surface area (TPSA) is 131 Å². The van der Waals surface area contributed by atoms with Gasteiger partial charge in [0.05, 0.1) is 16.3 Å². The number of hydrogen-bond donors (Lipinski definition) is 3. The average Bonchev–Trinajstić information content (AvgIpc) is 2.78. The molecule has 0 saturated carbocycles. The standard InChI is InChI=1S/C10H7ClN4O4/c11-5-2-1-4(10(17)18)3-6(5)13-9(16)7-8(12)15-19-14-7/h1-3H,(H2,12,15)(H,13,16)(H,17,18). The molecule has 98 valence electrons. The normalized spacial score (nSPS) is 10.2. The number of aromatic nitrogens is 2. The first-order valence-electron chi connectivity index (χ1n) is 4.91. The molecular formula is C10H7ClN4O4. The third kappa shape index (κ3) is 2.63. The van der Waals surface area contributed by atoms with Crippen molar-refractivity contribution in [1.29, 1.82) is 0 Å². The van der Waals surface area contributed by atoms with Gasteiger partial charge >= 0.3 is 5.97 Å². The van der Waals surface area contributed by atoms with E-state index in [0.29, 0.717) is 0 Å². The Morgan fingerprint density at radius 1 is 1.37 bits per heavy atom. The van der Waals surface area contributed by atoms with Gasteiger partial charge in [0.25, 0.3) is 5.91 Å². The smallest absolute Gasteiger partial charge is 0.335 e. The third-order valence-electron chi connectivity index (χ3n) is 2.19. The molecule has 0 unspecified atom stereocenters. The van der Waals surface area contributed by atoms with Crippen LogP contribution in [-0.2, 0) is 0 Å². The van der Waals surface area contributed by atoms with E-state index >= 15 is 0 Å². The van der Waals surface area contributed by atoms with E-state index in [0.717, 1.165) is 0 Å². The van der Waals surface area contributed by atoms with Crippen LogP contribution in [0.5, 0.6) is 0 Å². The summed E-state index contributed by atoms with van der Waals surface area (Å²) in [5.41, 5.74) is 5.24. The van der Waals surface area contributed by atoms with E-state index in [-0.39, 0.29) is 27.8 Å². The van der Waals surface area contributed by atoms with Gasteiger partial charge in [0.1, 0.15) is 0 Å². The summed E-state index contributed by atoms with van der Waals surface area (Å²) in [5, 5.41) is 18.0. The third-order valence-corrected chi connectivity index (χ3v) is 2.52. The number of nitrogens with two attached hydrogens (primary N) is 1.